The van der Waals surface area contributed by atoms with Crippen LogP contribution >= 0.6 is 77.3 Å². The standard InChI is InChI=1S/C29H20N2.C28H17N3.C24H24BNO2.C18H12BrN.C13H8Br2.C11H8BrN.C5H4N.BrH.Pt.Zn/c1-2-9-20(10-3-1)27-16-8-17-29(31-27)24-14-7-12-22-21-11-6-13-23(25(21)19-26(22)24)28-15-4-5-18-30-28;1-2-9-19(10-3-1)24-16-8-17-26(30-24)23-14-7-12-21-20-11-6-13-22(27(20)31-28(21)23)25-15-4-5-18-29-25;1-23(2)24(3,4)28-25(27-23)21-12-8-10-17-16-9-7-11-18(19(16)15-20(17)21)22-13-5-6-14-26-22;19-17-8-4-6-13-12-5-3-7-14(15(12)11-16(13)17)18-9-1-2-10-20-18;14-12-5-1-3-8-9-4-2-6-13(15)11(9)7-10(8)12;12-11-8-4-7-10(13-11)9-5-2-1-3-6-9;1-2-4-6-5-3-1;;;/h1-18H,19H2;1-9,11-18H;5-14H,15H2,1-4H3;1-10H,11H2;1-6H,7H2;1-8H;1-4H;1H;;/q;-2;;;;;-1;;2*+2/p-1. The molecule has 22 aromatic rings. The summed E-state index contributed by atoms with van der Waals surface area (Å²) in [7, 11) is -0.340. The van der Waals surface area contributed by atoms with Crippen LogP contribution in [0.3, 0.4) is 0 Å². The van der Waals surface area contributed by atoms with E-state index in [0.717, 1.165) is 137 Å². The van der Waals surface area contributed by atoms with Crippen LogP contribution in [0.25, 0.3) is 168 Å². The molecule has 0 bridgehead atoms. The topological polar surface area (TPSA) is 136 Å². The van der Waals surface area contributed by atoms with E-state index in [1.807, 2.05) is 176 Å². The van der Waals surface area contributed by atoms with Gasteiger partial charge in [-0.2, -0.15) is 18.2 Å². The van der Waals surface area contributed by atoms with Gasteiger partial charge in [-0.3, -0.25) is 24.9 Å². The molecule has 0 N–H and O–H groups in total. The zero-order chi connectivity index (χ0) is 100. The van der Waals surface area contributed by atoms with Crippen molar-refractivity contribution in [3.8, 4) is 146 Å². The number of hydrogen-bond acceptors (Lipinski definition) is 10. The summed E-state index contributed by atoms with van der Waals surface area (Å²) in [6, 6.07) is 144. The van der Waals surface area contributed by atoms with E-state index in [1.54, 1.807) is 12.3 Å². The first-order valence-electron chi connectivity index (χ1n) is 48.2. The van der Waals surface area contributed by atoms with Crippen LogP contribution in [0.4, 0.5) is 0 Å². The molecule has 1 saturated heterocycles. The largest absolute Gasteiger partial charge is 0.656 e. The Bertz CT molecular complexity index is 8310. The molecule has 10 heterocycles. The summed E-state index contributed by atoms with van der Waals surface area (Å²) in [6.45, 7) is 8.41. The summed E-state index contributed by atoms with van der Waals surface area (Å²) in [5.74, 6) is 0. The molecule has 4 aliphatic carbocycles. The fourth-order valence-corrected chi connectivity index (χ4v) is 21.3. The second-order valence-electron chi connectivity index (χ2n) is 36.3. The van der Waals surface area contributed by atoms with Crippen molar-refractivity contribution in [1.82, 2.24) is 44.9 Å². The Balaban J connectivity index is 0.000000112. The molecule has 0 saturated carbocycles. The van der Waals surface area contributed by atoms with E-state index < -0.39 is 0 Å². The van der Waals surface area contributed by atoms with E-state index in [0.29, 0.717) is 0 Å². The molecule has 13 aromatic carbocycles. The van der Waals surface area contributed by atoms with Crippen molar-refractivity contribution in [2.24, 2.45) is 0 Å². The molecule has 19 heteroatoms. The van der Waals surface area contributed by atoms with Crippen molar-refractivity contribution in [2.45, 2.75) is 64.6 Å². The molecule has 9 aromatic heterocycles. The summed E-state index contributed by atoms with van der Waals surface area (Å²) >= 11 is 18.5. The van der Waals surface area contributed by atoms with Crippen LogP contribution in [0, 0.1) is 12.3 Å². The number of rotatable bonds is 10. The summed E-state index contributed by atoms with van der Waals surface area (Å²) in [4.78, 5) is 41.3. The Morgan fingerprint density at radius 1 is 0.272 bits per heavy atom. The molecule has 147 heavy (non-hydrogen) atoms. The number of aromatic nitrogens is 9. The van der Waals surface area contributed by atoms with Crippen LogP contribution < -0.4 is 10.4 Å². The number of halogens is 5. The number of benzene rings is 13. The molecule has 712 valence electrons. The normalized spacial score (nSPS) is 12.6. The number of fused-ring (bicyclic) bond motifs is 15. The molecular formula is C128H93BBr5N9O2PtZn. The van der Waals surface area contributed by atoms with Crippen molar-refractivity contribution in [2.75, 3.05) is 0 Å². The molecule has 5 aliphatic rings. The quantitative estimate of drug-likeness (QED) is 0.0735. The summed E-state index contributed by atoms with van der Waals surface area (Å²) in [5, 5.41) is 2.26. The van der Waals surface area contributed by atoms with Gasteiger partial charge in [0.1, 0.15) is 4.60 Å². The van der Waals surface area contributed by atoms with Crippen LogP contribution in [-0.2, 0) is 72.4 Å². The van der Waals surface area contributed by atoms with Gasteiger partial charge in [-0.05, 0) is 269 Å². The van der Waals surface area contributed by atoms with Crippen molar-refractivity contribution in [3.63, 3.8) is 0 Å². The van der Waals surface area contributed by atoms with Crippen LogP contribution in [-0.4, -0.2) is 58.2 Å². The average Bonchev–Trinajstić information content (AvgIpc) is 1.61. The number of para-hydroxylation sites is 2. The Labute approximate surface area is 922 Å². The van der Waals surface area contributed by atoms with Crippen LogP contribution in [0.15, 0.2) is 462 Å². The summed E-state index contributed by atoms with van der Waals surface area (Å²) in [6.07, 6.45) is 15.5. The first-order valence-corrected chi connectivity index (χ1v) is 58.4. The third-order valence-corrected chi connectivity index (χ3v) is 29.8. The summed E-state index contributed by atoms with van der Waals surface area (Å²) < 4.78 is 17.2. The average molecular weight is 2460 g/mol. The van der Waals surface area contributed by atoms with Crippen LogP contribution in [0.5, 0.6) is 0 Å². The third-order valence-electron chi connectivity index (χ3n) is 27.1. The molecule has 1 aliphatic heterocycles. The number of hydrogen-bond donors (Lipinski definition) is 0. The van der Waals surface area contributed by atoms with E-state index in [2.05, 4.69) is 402 Å². The fourth-order valence-electron chi connectivity index (χ4n) is 19.5. The SMILES string of the molecule is Brc1cccc(-c2ccccc2)n1.Brc1cccc2c1Cc1c(-c3ccccn3)cccc1-2.Brc1cccc2c1Cc1c(Br)cccc1-2.CC1(C)OB(c2cccc3c2Cc2c(-c4ccccn4)cccc2-3)OC1(C)C.[Pt+2].[Zn+][Br].[c-]1ccccc1-c1cccc(-c2cccc3c2[n-]c2c(-c4ccccn4)cccc23)n1.[c-]1ccccn1.c1ccc(-c2cccc(-c3cccc4c3Cc3c(-c5ccccn5)cccc3-4)n2)cc1. The van der Waals surface area contributed by atoms with Gasteiger partial charge in [-0.25, -0.2) is 9.97 Å². The molecule has 11 nitrogen and oxygen atoms in total. The Hall–Kier alpha value is -13.4. The maximum absolute atomic E-state index is 6.35. The van der Waals surface area contributed by atoms with Gasteiger partial charge in [0.2, 0.25) is 0 Å². The molecule has 0 radical (unpaired) electrons. The van der Waals surface area contributed by atoms with Crippen LogP contribution in [0.1, 0.15) is 72.2 Å². The minimum absolute atomic E-state index is 0. The zero-order valence-corrected chi connectivity index (χ0v) is 94.0. The van der Waals surface area contributed by atoms with E-state index in [4.69, 9.17) is 24.3 Å². The maximum Gasteiger partial charge on any atom is 0.0712 e. The summed E-state index contributed by atoms with van der Waals surface area (Å²) in [5.41, 5.74) is 42.9. The Morgan fingerprint density at radius 2 is 0.578 bits per heavy atom. The van der Waals surface area contributed by atoms with E-state index in [-0.39, 0.29) is 39.4 Å². The van der Waals surface area contributed by atoms with Gasteiger partial charge in [0.15, 0.2) is 0 Å². The van der Waals surface area contributed by atoms with E-state index in [1.165, 1.54) is 141 Å². The van der Waals surface area contributed by atoms with Gasteiger partial charge in [0, 0.05) is 90.8 Å². The zero-order valence-electron chi connectivity index (χ0n) is 80.8. The monoisotopic (exact) mass is 2450 g/mol. The first kappa shape index (κ1) is 102. The first-order chi connectivity index (χ1) is 71.6. The van der Waals surface area contributed by atoms with Gasteiger partial charge in [-0.1, -0.05) is 333 Å². The number of nitrogens with zero attached hydrogens (tertiary/aromatic N) is 9. The minimum Gasteiger partial charge on any atom is -0.656 e. The molecule has 0 amide bonds. The second kappa shape index (κ2) is 47.2. The minimum atomic E-state index is -0.342. The van der Waals surface area contributed by atoms with E-state index >= 15 is 0 Å². The number of pyridine rings is 8. The third kappa shape index (κ3) is 22.4. The fraction of sp³-hybridized carbons (Fsp3) is 0.0781. The molecule has 1 fully saturated rings. The van der Waals surface area contributed by atoms with Crippen molar-refractivity contribution >= 4 is 112 Å². The smallest absolute Gasteiger partial charge is 0.0712 e. The van der Waals surface area contributed by atoms with Crippen molar-refractivity contribution in [3.05, 3.63) is 518 Å². The molecule has 0 spiro atoms. The van der Waals surface area contributed by atoms with Crippen molar-refractivity contribution in [1.29, 1.82) is 0 Å². The molecule has 0 atom stereocenters. The van der Waals surface area contributed by atoms with Gasteiger partial charge < -0.3 is 19.3 Å². The van der Waals surface area contributed by atoms with Gasteiger partial charge in [0.05, 0.1) is 56.8 Å². The Kier molecular flexibility index (Phi) is 32.8. The van der Waals surface area contributed by atoms with Crippen molar-refractivity contribution < 1.29 is 46.7 Å². The predicted octanol–water partition coefficient (Wildman–Crippen LogP) is 33.3. The second-order valence-corrected chi connectivity index (χ2v) is 39.7. The molecule has 0 unspecified atom stereocenters. The van der Waals surface area contributed by atoms with Gasteiger partial charge in [0.25, 0.3) is 0 Å². The predicted molar refractivity (Wildman–Crippen MR) is 611 cm³/mol. The molecule has 27 rings (SSSR count). The molecular weight excluding hydrogens is 2370 g/mol. The van der Waals surface area contributed by atoms with Gasteiger partial charge in [-0.15, -0.1) is 46.9 Å². The van der Waals surface area contributed by atoms with Gasteiger partial charge >= 0.3 is 58.1 Å². The maximum atomic E-state index is 6.35. The Morgan fingerprint density at radius 3 is 0.986 bits per heavy atom. The van der Waals surface area contributed by atoms with Crippen LogP contribution in [0.2, 0.25) is 0 Å². The van der Waals surface area contributed by atoms with E-state index in [9.17, 15) is 0 Å².